The van der Waals surface area contributed by atoms with Gasteiger partial charge >= 0.3 is 0 Å². The van der Waals surface area contributed by atoms with Gasteiger partial charge in [-0.3, -0.25) is 25.0 Å². The number of thioether (sulfide) groups is 1. The molecule has 21 heavy (non-hydrogen) atoms. The van der Waals surface area contributed by atoms with E-state index in [1.54, 1.807) is 0 Å². The molecular formula is C12H13BrN2O5S. The lowest BCUT2D eigenvalue weighted by Crippen LogP contribution is -1.98. The SMILES string of the molecule is O=C(CBr)CCCCSc1ccc([N+](=O)[O-])cc1[N+](=O)[O-]. The first-order chi connectivity index (χ1) is 9.95. The maximum Gasteiger partial charge on any atom is 0.289 e. The summed E-state index contributed by atoms with van der Waals surface area (Å²) in [5, 5.41) is 21.9. The maximum absolute atomic E-state index is 11.1. The summed E-state index contributed by atoms with van der Waals surface area (Å²) in [6.45, 7) is 0. The van der Waals surface area contributed by atoms with E-state index < -0.39 is 9.85 Å². The van der Waals surface area contributed by atoms with E-state index in [0.29, 0.717) is 22.4 Å². The molecule has 1 aromatic carbocycles. The first-order valence-electron chi connectivity index (χ1n) is 6.09. The van der Waals surface area contributed by atoms with Gasteiger partial charge in [0.1, 0.15) is 5.78 Å². The Morgan fingerprint density at radius 2 is 1.90 bits per heavy atom. The molecule has 0 amide bonds. The van der Waals surface area contributed by atoms with Gasteiger partial charge in [0, 0.05) is 12.5 Å². The zero-order valence-corrected chi connectivity index (χ0v) is 13.4. The lowest BCUT2D eigenvalue weighted by Gasteiger charge is -2.03. The summed E-state index contributed by atoms with van der Waals surface area (Å²) in [6, 6.07) is 3.62. The van der Waals surface area contributed by atoms with Crippen LogP contribution in [-0.2, 0) is 4.79 Å². The number of hydrogen-bond acceptors (Lipinski definition) is 6. The Kier molecular flexibility index (Phi) is 7.30. The molecular weight excluding hydrogens is 364 g/mol. The Morgan fingerprint density at radius 3 is 2.48 bits per heavy atom. The molecule has 0 unspecified atom stereocenters. The van der Waals surface area contributed by atoms with Crippen LogP contribution in [0.4, 0.5) is 11.4 Å². The van der Waals surface area contributed by atoms with Crippen molar-refractivity contribution in [3.8, 4) is 0 Å². The molecule has 0 aliphatic carbocycles. The van der Waals surface area contributed by atoms with E-state index in [1.807, 2.05) is 0 Å². The van der Waals surface area contributed by atoms with Crippen LogP contribution in [0.2, 0.25) is 0 Å². The fourth-order valence-corrected chi connectivity index (χ4v) is 2.85. The van der Waals surface area contributed by atoms with Crippen LogP contribution >= 0.6 is 27.7 Å². The Hall–Kier alpha value is -1.48. The topological polar surface area (TPSA) is 103 Å². The normalized spacial score (nSPS) is 10.3. The number of carbonyl (C=O) groups excluding carboxylic acids is 1. The van der Waals surface area contributed by atoms with Crippen molar-refractivity contribution >= 4 is 44.8 Å². The minimum atomic E-state index is -0.659. The zero-order chi connectivity index (χ0) is 15.8. The molecule has 0 radical (unpaired) electrons. The maximum atomic E-state index is 11.1. The Bertz CT molecular complexity index is 552. The summed E-state index contributed by atoms with van der Waals surface area (Å²) < 4.78 is 0. The molecule has 0 fully saturated rings. The molecule has 9 heteroatoms. The molecule has 0 spiro atoms. The van der Waals surface area contributed by atoms with Crippen LogP contribution in [0.5, 0.6) is 0 Å². The number of non-ortho nitro benzene ring substituents is 1. The summed E-state index contributed by atoms with van der Waals surface area (Å²) in [5.41, 5.74) is -0.556. The van der Waals surface area contributed by atoms with Gasteiger partial charge in [0.2, 0.25) is 0 Å². The van der Waals surface area contributed by atoms with E-state index in [1.165, 1.54) is 23.9 Å². The van der Waals surface area contributed by atoms with E-state index >= 15 is 0 Å². The average Bonchev–Trinajstić information content (AvgIpc) is 2.46. The summed E-state index contributed by atoms with van der Waals surface area (Å²) in [4.78, 5) is 31.8. The fourth-order valence-electron chi connectivity index (χ4n) is 1.56. The number of Topliss-reactive ketones (excluding diaryl/α,β-unsaturated/α-hetero) is 1. The fraction of sp³-hybridized carbons (Fsp3) is 0.417. The second-order valence-electron chi connectivity index (χ2n) is 4.14. The Labute approximate surface area is 133 Å². The van der Waals surface area contributed by atoms with Crippen LogP contribution in [0.15, 0.2) is 23.1 Å². The number of rotatable bonds is 9. The Balaban J connectivity index is 2.60. The van der Waals surface area contributed by atoms with Crippen LogP contribution in [0, 0.1) is 20.2 Å². The van der Waals surface area contributed by atoms with E-state index in [4.69, 9.17) is 0 Å². The number of carbonyl (C=O) groups is 1. The number of unbranched alkanes of at least 4 members (excludes halogenated alkanes) is 1. The molecule has 1 aromatic rings. The van der Waals surface area contributed by atoms with Gasteiger partial charge in [0.05, 0.1) is 26.1 Å². The van der Waals surface area contributed by atoms with Gasteiger partial charge in [-0.25, -0.2) is 0 Å². The molecule has 1 rings (SSSR count). The zero-order valence-electron chi connectivity index (χ0n) is 11.0. The molecule has 0 aliphatic heterocycles. The molecule has 0 heterocycles. The van der Waals surface area contributed by atoms with E-state index in [2.05, 4.69) is 15.9 Å². The van der Waals surface area contributed by atoms with E-state index in [9.17, 15) is 25.0 Å². The predicted octanol–water partition coefficient (Wildman–Crippen LogP) is 3.73. The first-order valence-corrected chi connectivity index (χ1v) is 8.19. The molecule has 0 atom stereocenters. The summed E-state index contributed by atoms with van der Waals surface area (Å²) in [7, 11) is 0. The van der Waals surface area contributed by atoms with Crippen molar-refractivity contribution in [3.63, 3.8) is 0 Å². The van der Waals surface area contributed by atoms with E-state index in [-0.39, 0.29) is 17.2 Å². The number of hydrogen-bond donors (Lipinski definition) is 0. The largest absolute Gasteiger partial charge is 0.299 e. The monoisotopic (exact) mass is 376 g/mol. The van der Waals surface area contributed by atoms with Crippen LogP contribution < -0.4 is 0 Å². The quantitative estimate of drug-likeness (QED) is 0.214. The number of halogens is 1. The van der Waals surface area contributed by atoms with Crippen LogP contribution in [0.1, 0.15) is 19.3 Å². The molecule has 0 aliphatic rings. The highest BCUT2D eigenvalue weighted by Gasteiger charge is 2.19. The molecule has 114 valence electrons. The molecule has 0 saturated carbocycles. The predicted molar refractivity (Wildman–Crippen MR) is 83.1 cm³/mol. The van der Waals surface area contributed by atoms with Gasteiger partial charge in [-0.2, -0.15) is 0 Å². The number of benzene rings is 1. The van der Waals surface area contributed by atoms with Gasteiger partial charge in [-0.05, 0) is 24.7 Å². The number of ketones is 1. The van der Waals surface area contributed by atoms with Crippen LogP contribution in [-0.4, -0.2) is 26.7 Å². The molecule has 0 bridgehead atoms. The van der Waals surface area contributed by atoms with Crippen molar-refractivity contribution < 1.29 is 14.6 Å². The number of nitrogens with zero attached hydrogens (tertiary/aromatic N) is 2. The number of nitro benzene ring substituents is 2. The van der Waals surface area contributed by atoms with Gasteiger partial charge in [0.15, 0.2) is 0 Å². The third kappa shape index (κ3) is 5.80. The van der Waals surface area contributed by atoms with Gasteiger partial charge in [-0.15, -0.1) is 11.8 Å². The van der Waals surface area contributed by atoms with Gasteiger partial charge in [-0.1, -0.05) is 15.9 Å². The Morgan fingerprint density at radius 1 is 1.19 bits per heavy atom. The number of nitro groups is 2. The smallest absolute Gasteiger partial charge is 0.289 e. The molecule has 0 aromatic heterocycles. The highest BCUT2D eigenvalue weighted by atomic mass is 79.9. The first kappa shape index (κ1) is 17.6. The summed E-state index contributed by atoms with van der Waals surface area (Å²) >= 11 is 4.35. The second kappa shape index (κ2) is 8.73. The summed E-state index contributed by atoms with van der Waals surface area (Å²) in [5.74, 6) is 0.745. The van der Waals surface area contributed by atoms with Gasteiger partial charge in [0.25, 0.3) is 11.4 Å². The van der Waals surface area contributed by atoms with Crippen molar-refractivity contribution in [1.82, 2.24) is 0 Å². The minimum absolute atomic E-state index is 0.126. The van der Waals surface area contributed by atoms with Crippen LogP contribution in [0.25, 0.3) is 0 Å². The third-order valence-electron chi connectivity index (χ3n) is 2.61. The average molecular weight is 377 g/mol. The van der Waals surface area contributed by atoms with Gasteiger partial charge < -0.3 is 0 Å². The summed E-state index contributed by atoms with van der Waals surface area (Å²) in [6.07, 6.45) is 1.95. The second-order valence-corrected chi connectivity index (χ2v) is 5.84. The van der Waals surface area contributed by atoms with Crippen LogP contribution in [0.3, 0.4) is 0 Å². The molecule has 7 nitrogen and oxygen atoms in total. The highest BCUT2D eigenvalue weighted by molar-refractivity contribution is 9.09. The van der Waals surface area contributed by atoms with Crippen molar-refractivity contribution in [2.24, 2.45) is 0 Å². The number of alkyl halides is 1. The minimum Gasteiger partial charge on any atom is -0.299 e. The molecule has 0 N–H and O–H groups in total. The lowest BCUT2D eigenvalue weighted by molar-refractivity contribution is -0.396. The van der Waals surface area contributed by atoms with Crippen molar-refractivity contribution in [2.75, 3.05) is 11.1 Å². The van der Waals surface area contributed by atoms with Crippen molar-refractivity contribution in [1.29, 1.82) is 0 Å². The van der Waals surface area contributed by atoms with E-state index in [0.717, 1.165) is 18.9 Å². The lowest BCUT2D eigenvalue weighted by atomic mass is 10.2. The molecule has 0 saturated heterocycles. The van der Waals surface area contributed by atoms with Crippen molar-refractivity contribution in [3.05, 3.63) is 38.4 Å². The standard InChI is InChI=1S/C12H13BrN2O5S/c13-8-10(16)3-1-2-6-21-12-5-4-9(14(17)18)7-11(12)15(19)20/h4-5,7H,1-3,6,8H2. The highest BCUT2D eigenvalue weighted by Crippen LogP contribution is 2.32. The van der Waals surface area contributed by atoms with Crippen molar-refractivity contribution in [2.45, 2.75) is 24.2 Å². The third-order valence-corrected chi connectivity index (χ3v) is 4.38.